The van der Waals surface area contributed by atoms with Crippen LogP contribution in [-0.4, -0.2) is 87.5 Å². The Morgan fingerprint density at radius 1 is 0.417 bits per heavy atom. The van der Waals surface area contributed by atoms with Gasteiger partial charge in [0.25, 0.3) is 0 Å². The minimum atomic E-state index is -1.55. The van der Waals surface area contributed by atoms with Gasteiger partial charge >= 0.3 is 0 Å². The molecule has 0 aliphatic carbocycles. The lowest BCUT2D eigenvalue weighted by Crippen LogP contribution is -2.60. The predicted octanol–water partition coefficient (Wildman–Crippen LogP) is 16.6. The second-order valence-electron chi connectivity index (χ2n) is 22.9. The van der Waals surface area contributed by atoms with Gasteiger partial charge in [0.15, 0.2) is 6.29 Å². The molecule has 0 radical (unpaired) electrons. The standard InChI is InChI=1S/C63H125NO8/c1-3-5-7-9-11-13-15-17-19-21-22-23-24-25-26-27-28-29-30-31-32-33-34-35-37-39-41-43-45-47-49-51-53-59(67)64-56(55-71-63-62(70)61(69)60(68)58(54-65)72-63)57(66)52-50-48-46-44-42-40-38-36-20-18-16-14-12-10-8-6-4-2/h56-58,60-63,65-66,68-70H,3-55H2,1-2H3,(H,64,67)/t56-,57+,58+,60+,61?,62?,63+/m0/s1. The van der Waals surface area contributed by atoms with Crippen molar-refractivity contribution in [2.24, 2.45) is 0 Å². The van der Waals surface area contributed by atoms with E-state index in [0.29, 0.717) is 12.8 Å². The molecule has 7 atom stereocenters. The van der Waals surface area contributed by atoms with Gasteiger partial charge in [0, 0.05) is 6.42 Å². The van der Waals surface area contributed by atoms with E-state index in [0.717, 1.165) is 38.5 Å². The third kappa shape index (κ3) is 42.3. The van der Waals surface area contributed by atoms with Crippen molar-refractivity contribution >= 4 is 5.91 Å². The number of hydrogen-bond acceptors (Lipinski definition) is 8. The van der Waals surface area contributed by atoms with Crippen LogP contribution in [0, 0.1) is 0 Å². The van der Waals surface area contributed by atoms with Gasteiger partial charge in [0.05, 0.1) is 25.4 Å². The van der Waals surface area contributed by atoms with E-state index >= 15 is 0 Å². The molecule has 1 aliphatic heterocycles. The smallest absolute Gasteiger partial charge is 0.220 e. The molecular formula is C63H125NO8. The van der Waals surface area contributed by atoms with E-state index in [9.17, 15) is 30.3 Å². The highest BCUT2D eigenvalue weighted by molar-refractivity contribution is 5.76. The van der Waals surface area contributed by atoms with Crippen LogP contribution in [0.25, 0.3) is 0 Å². The van der Waals surface area contributed by atoms with Gasteiger partial charge in [0.2, 0.25) is 5.91 Å². The van der Waals surface area contributed by atoms with Crippen molar-refractivity contribution in [3.8, 4) is 0 Å². The summed E-state index contributed by atoms with van der Waals surface area (Å²) in [5.74, 6) is -0.135. The number of nitrogens with one attached hydrogen (secondary N) is 1. The Kier molecular flexibility index (Phi) is 51.5. The molecule has 0 spiro atoms. The van der Waals surface area contributed by atoms with Crippen LogP contribution in [0.3, 0.4) is 0 Å². The molecule has 1 heterocycles. The Bertz CT molecular complexity index is 1100. The molecule has 1 amide bonds. The van der Waals surface area contributed by atoms with Crippen molar-refractivity contribution in [3.05, 3.63) is 0 Å². The lowest BCUT2D eigenvalue weighted by Gasteiger charge is -2.40. The maximum atomic E-state index is 13.1. The van der Waals surface area contributed by atoms with Gasteiger partial charge in [-0.15, -0.1) is 0 Å². The molecule has 430 valence electrons. The SMILES string of the molecule is CCCCCCCCCCCCCCCCCCCCCCCCCCCCCCCCCCC(=O)N[C@@H](CO[C@@H]1O[C@H](CO)[C@@H](O)C(O)C1O)[C@H](O)CCCCCCCCCCCCCCCCCCC. The molecule has 9 heteroatoms. The molecule has 9 nitrogen and oxygen atoms in total. The van der Waals surface area contributed by atoms with Crippen LogP contribution in [0.15, 0.2) is 0 Å². The molecule has 1 saturated heterocycles. The highest BCUT2D eigenvalue weighted by Crippen LogP contribution is 2.24. The molecule has 1 fully saturated rings. The number of rotatable bonds is 57. The minimum absolute atomic E-state index is 0.131. The largest absolute Gasteiger partial charge is 0.394 e. The fourth-order valence-electron chi connectivity index (χ4n) is 10.9. The van der Waals surface area contributed by atoms with Crippen molar-refractivity contribution < 1.29 is 39.8 Å². The molecule has 2 unspecified atom stereocenters. The van der Waals surface area contributed by atoms with Crippen molar-refractivity contribution in [2.45, 2.75) is 384 Å². The van der Waals surface area contributed by atoms with Crippen molar-refractivity contribution in [3.63, 3.8) is 0 Å². The maximum absolute atomic E-state index is 13.1. The Balaban J connectivity index is 2.08. The van der Waals surface area contributed by atoms with E-state index < -0.39 is 49.5 Å². The first-order valence-corrected chi connectivity index (χ1v) is 32.2. The second-order valence-corrected chi connectivity index (χ2v) is 22.9. The van der Waals surface area contributed by atoms with E-state index in [1.165, 1.54) is 276 Å². The molecular weight excluding hydrogens is 899 g/mol. The second kappa shape index (κ2) is 53.6. The van der Waals surface area contributed by atoms with Crippen LogP contribution in [-0.2, 0) is 14.3 Å². The van der Waals surface area contributed by atoms with E-state index in [2.05, 4.69) is 19.2 Å². The van der Waals surface area contributed by atoms with Crippen LogP contribution in [0.5, 0.6) is 0 Å². The maximum Gasteiger partial charge on any atom is 0.220 e. The fourth-order valence-corrected chi connectivity index (χ4v) is 10.9. The summed E-state index contributed by atoms with van der Waals surface area (Å²) in [6.07, 6.45) is 58.8. The fraction of sp³-hybridized carbons (Fsp3) is 0.984. The zero-order chi connectivity index (χ0) is 52.2. The van der Waals surface area contributed by atoms with Crippen LogP contribution < -0.4 is 5.32 Å². The summed E-state index contributed by atoms with van der Waals surface area (Å²) in [7, 11) is 0. The Morgan fingerprint density at radius 3 is 0.986 bits per heavy atom. The van der Waals surface area contributed by atoms with E-state index in [1.807, 2.05) is 0 Å². The highest BCUT2D eigenvalue weighted by atomic mass is 16.7. The summed E-state index contributed by atoms with van der Waals surface area (Å²) in [6, 6.07) is -0.714. The molecule has 0 aromatic rings. The lowest BCUT2D eigenvalue weighted by molar-refractivity contribution is -0.302. The summed E-state index contributed by atoms with van der Waals surface area (Å²) >= 11 is 0. The first-order valence-electron chi connectivity index (χ1n) is 32.2. The van der Waals surface area contributed by atoms with Crippen LogP contribution in [0.2, 0.25) is 0 Å². The topological polar surface area (TPSA) is 149 Å². The number of carbonyl (C=O) groups excluding carboxylic acids is 1. The number of aliphatic hydroxyl groups excluding tert-OH is 5. The Hall–Kier alpha value is -0.810. The van der Waals surface area contributed by atoms with Gasteiger partial charge in [-0.25, -0.2) is 0 Å². The van der Waals surface area contributed by atoms with E-state index in [1.54, 1.807) is 0 Å². The average Bonchev–Trinajstić information content (AvgIpc) is 3.38. The molecule has 0 aromatic heterocycles. The number of carbonyl (C=O) groups is 1. The molecule has 1 rings (SSSR count). The van der Waals surface area contributed by atoms with Crippen molar-refractivity contribution in [1.82, 2.24) is 5.32 Å². The van der Waals surface area contributed by atoms with Crippen molar-refractivity contribution in [1.29, 1.82) is 0 Å². The Morgan fingerprint density at radius 2 is 0.694 bits per heavy atom. The van der Waals surface area contributed by atoms with Gasteiger partial charge in [-0.1, -0.05) is 322 Å². The third-order valence-corrected chi connectivity index (χ3v) is 16.0. The Labute approximate surface area is 446 Å². The molecule has 0 aromatic carbocycles. The quantitative estimate of drug-likeness (QED) is 0.0330. The summed E-state index contributed by atoms with van der Waals surface area (Å²) in [5.41, 5.74) is 0. The molecule has 6 N–H and O–H groups in total. The van der Waals surface area contributed by atoms with Gasteiger partial charge in [-0.3, -0.25) is 4.79 Å². The van der Waals surface area contributed by atoms with E-state index in [4.69, 9.17) is 9.47 Å². The van der Waals surface area contributed by atoms with Crippen LogP contribution >= 0.6 is 0 Å². The summed E-state index contributed by atoms with van der Waals surface area (Å²) in [6.45, 7) is 3.89. The van der Waals surface area contributed by atoms with Gasteiger partial charge in [0.1, 0.15) is 24.4 Å². The summed E-state index contributed by atoms with van der Waals surface area (Å²) in [5, 5.41) is 54.8. The van der Waals surface area contributed by atoms with Crippen LogP contribution in [0.4, 0.5) is 0 Å². The lowest BCUT2D eigenvalue weighted by atomic mass is 9.99. The van der Waals surface area contributed by atoms with Gasteiger partial charge < -0.3 is 40.3 Å². The average molecular weight is 1020 g/mol. The summed E-state index contributed by atoms with van der Waals surface area (Å²) in [4.78, 5) is 13.1. The molecule has 0 bridgehead atoms. The normalized spacial score (nSPS) is 19.0. The number of ether oxygens (including phenoxy) is 2. The first kappa shape index (κ1) is 69.2. The molecule has 1 aliphatic rings. The molecule has 0 saturated carbocycles. The van der Waals surface area contributed by atoms with Crippen molar-refractivity contribution in [2.75, 3.05) is 13.2 Å². The third-order valence-electron chi connectivity index (χ3n) is 16.0. The number of amides is 1. The van der Waals surface area contributed by atoms with Crippen LogP contribution in [0.1, 0.15) is 341 Å². The van der Waals surface area contributed by atoms with Gasteiger partial charge in [-0.05, 0) is 12.8 Å². The molecule has 72 heavy (non-hydrogen) atoms. The first-order chi connectivity index (χ1) is 35.3. The predicted molar refractivity (Wildman–Crippen MR) is 304 cm³/mol. The zero-order valence-corrected chi connectivity index (χ0v) is 48.0. The summed E-state index contributed by atoms with van der Waals surface area (Å²) < 4.78 is 11.3. The number of aliphatic hydroxyl groups is 5. The number of unbranched alkanes of at least 4 members (excludes halogenated alkanes) is 47. The van der Waals surface area contributed by atoms with E-state index in [-0.39, 0.29) is 12.5 Å². The van der Waals surface area contributed by atoms with Gasteiger partial charge in [-0.2, -0.15) is 0 Å². The highest BCUT2D eigenvalue weighted by Gasteiger charge is 2.44. The zero-order valence-electron chi connectivity index (χ0n) is 48.0. The minimum Gasteiger partial charge on any atom is -0.394 e. The monoisotopic (exact) mass is 1020 g/mol. The number of hydrogen-bond donors (Lipinski definition) is 6.